The monoisotopic (exact) mass is 241 g/mol. The average Bonchev–Trinajstić information content (AvgIpc) is 2.29. The maximum Gasteiger partial charge on any atom is 0.0753 e. The van der Waals surface area contributed by atoms with Crippen LogP contribution >= 0.6 is 0 Å². The Kier molecular flexibility index (Phi) is 7.14. The van der Waals surface area contributed by atoms with Crippen LogP contribution in [0.25, 0.3) is 0 Å². The molecule has 0 amide bonds. The van der Waals surface area contributed by atoms with Gasteiger partial charge in [0, 0.05) is 12.6 Å². The first-order valence-electron chi connectivity index (χ1n) is 7.54. The van der Waals surface area contributed by atoms with E-state index in [2.05, 4.69) is 33.0 Å². The van der Waals surface area contributed by atoms with Crippen molar-refractivity contribution in [3.8, 4) is 0 Å². The van der Waals surface area contributed by atoms with Crippen molar-refractivity contribution in [3.63, 3.8) is 0 Å². The lowest BCUT2D eigenvalue weighted by atomic mass is 9.78. The third-order valence-electron chi connectivity index (χ3n) is 3.85. The second-order valence-electron chi connectivity index (χ2n) is 5.80. The lowest BCUT2D eigenvalue weighted by molar-refractivity contribution is -0.0385. The van der Waals surface area contributed by atoms with E-state index < -0.39 is 0 Å². The minimum absolute atomic E-state index is 0.435. The van der Waals surface area contributed by atoms with Gasteiger partial charge in [0.25, 0.3) is 0 Å². The fraction of sp³-hybridized carbons (Fsp3) is 1.00. The van der Waals surface area contributed by atoms with Gasteiger partial charge in [0.15, 0.2) is 0 Å². The fourth-order valence-corrected chi connectivity index (χ4v) is 3.00. The highest BCUT2D eigenvalue weighted by atomic mass is 16.5. The summed E-state index contributed by atoms with van der Waals surface area (Å²) in [5.74, 6) is 1.54. The summed E-state index contributed by atoms with van der Waals surface area (Å²) in [4.78, 5) is 0. The summed E-state index contributed by atoms with van der Waals surface area (Å²) in [6.07, 6.45) is 6.66. The number of rotatable bonds is 7. The molecule has 0 spiro atoms. The van der Waals surface area contributed by atoms with E-state index in [4.69, 9.17) is 4.74 Å². The van der Waals surface area contributed by atoms with Crippen molar-refractivity contribution in [1.82, 2.24) is 5.32 Å². The van der Waals surface area contributed by atoms with E-state index in [9.17, 15) is 0 Å². The Labute approximate surface area is 108 Å². The molecule has 2 heteroatoms. The number of hydrogen-bond donors (Lipinski definition) is 1. The van der Waals surface area contributed by atoms with Crippen LogP contribution in [0.4, 0.5) is 0 Å². The first-order chi connectivity index (χ1) is 8.19. The Hall–Kier alpha value is -0.0800. The Morgan fingerprint density at radius 2 is 1.88 bits per heavy atom. The second-order valence-corrected chi connectivity index (χ2v) is 5.80. The van der Waals surface area contributed by atoms with Crippen LogP contribution in [0.5, 0.6) is 0 Å². The summed E-state index contributed by atoms with van der Waals surface area (Å²) in [5.41, 5.74) is 0. The van der Waals surface area contributed by atoms with Crippen LogP contribution in [0.3, 0.4) is 0 Å². The lowest BCUT2D eigenvalue weighted by Crippen LogP contribution is -2.49. The van der Waals surface area contributed by atoms with E-state index >= 15 is 0 Å². The van der Waals surface area contributed by atoms with E-state index in [1.54, 1.807) is 0 Å². The average molecular weight is 241 g/mol. The van der Waals surface area contributed by atoms with Crippen LogP contribution in [-0.2, 0) is 4.74 Å². The summed E-state index contributed by atoms with van der Waals surface area (Å²) in [5, 5.41) is 3.68. The standard InChI is InChI=1S/C15H31NO/c1-5-7-9-17-15-13(4)10-12(3)11-14(15)16-8-6-2/h12-16H,5-11H2,1-4H3. The largest absolute Gasteiger partial charge is 0.376 e. The molecule has 1 N–H and O–H groups in total. The van der Waals surface area contributed by atoms with Gasteiger partial charge in [0.1, 0.15) is 0 Å². The molecule has 0 heterocycles. The maximum atomic E-state index is 6.13. The third kappa shape index (κ3) is 4.97. The summed E-state index contributed by atoms with van der Waals surface area (Å²) < 4.78 is 6.13. The SMILES string of the molecule is CCCCOC1C(C)CC(C)CC1NCCC. The van der Waals surface area contributed by atoms with Crippen LogP contribution in [-0.4, -0.2) is 25.3 Å². The highest BCUT2D eigenvalue weighted by Gasteiger charge is 2.34. The minimum Gasteiger partial charge on any atom is -0.376 e. The quantitative estimate of drug-likeness (QED) is 0.688. The predicted molar refractivity (Wildman–Crippen MR) is 74.3 cm³/mol. The van der Waals surface area contributed by atoms with Gasteiger partial charge in [-0.2, -0.15) is 0 Å². The Morgan fingerprint density at radius 1 is 1.12 bits per heavy atom. The molecule has 4 atom stereocenters. The normalized spacial score (nSPS) is 33.9. The fourth-order valence-electron chi connectivity index (χ4n) is 3.00. The van der Waals surface area contributed by atoms with E-state index in [0.717, 1.165) is 19.1 Å². The molecule has 1 rings (SSSR count). The minimum atomic E-state index is 0.435. The molecule has 1 fully saturated rings. The summed E-state index contributed by atoms with van der Waals surface area (Å²) >= 11 is 0. The molecule has 0 saturated heterocycles. The lowest BCUT2D eigenvalue weighted by Gasteiger charge is -2.40. The smallest absolute Gasteiger partial charge is 0.0753 e. The molecular formula is C15H31NO. The van der Waals surface area contributed by atoms with Crippen molar-refractivity contribution in [3.05, 3.63) is 0 Å². The molecular weight excluding hydrogens is 210 g/mol. The molecule has 2 nitrogen and oxygen atoms in total. The zero-order valence-corrected chi connectivity index (χ0v) is 12.2. The van der Waals surface area contributed by atoms with Gasteiger partial charge in [-0.15, -0.1) is 0 Å². The molecule has 102 valence electrons. The van der Waals surface area contributed by atoms with Gasteiger partial charge >= 0.3 is 0 Å². The Balaban J connectivity index is 2.46. The van der Waals surface area contributed by atoms with Crippen molar-refractivity contribution in [1.29, 1.82) is 0 Å². The van der Waals surface area contributed by atoms with Crippen molar-refractivity contribution in [2.24, 2.45) is 11.8 Å². The van der Waals surface area contributed by atoms with Gasteiger partial charge in [0.2, 0.25) is 0 Å². The Bertz CT molecular complexity index is 195. The highest BCUT2D eigenvalue weighted by molar-refractivity contribution is 4.88. The van der Waals surface area contributed by atoms with Gasteiger partial charge < -0.3 is 10.1 Å². The first kappa shape index (κ1) is 15.0. The molecule has 1 aliphatic rings. The van der Waals surface area contributed by atoms with Crippen LogP contribution in [0.1, 0.15) is 59.8 Å². The highest BCUT2D eigenvalue weighted by Crippen LogP contribution is 2.31. The topological polar surface area (TPSA) is 21.3 Å². The number of unbranched alkanes of at least 4 members (excludes halogenated alkanes) is 1. The van der Waals surface area contributed by atoms with Crippen LogP contribution in [0.15, 0.2) is 0 Å². The third-order valence-corrected chi connectivity index (χ3v) is 3.85. The van der Waals surface area contributed by atoms with E-state index in [0.29, 0.717) is 18.1 Å². The van der Waals surface area contributed by atoms with Gasteiger partial charge in [-0.25, -0.2) is 0 Å². The molecule has 1 aliphatic carbocycles. The van der Waals surface area contributed by atoms with Gasteiger partial charge in [-0.05, 0) is 44.1 Å². The van der Waals surface area contributed by atoms with Crippen molar-refractivity contribution >= 4 is 0 Å². The predicted octanol–water partition coefficient (Wildman–Crippen LogP) is 3.61. The van der Waals surface area contributed by atoms with E-state index in [-0.39, 0.29) is 0 Å². The van der Waals surface area contributed by atoms with Crippen LogP contribution in [0, 0.1) is 11.8 Å². The summed E-state index contributed by atoms with van der Waals surface area (Å²) in [6, 6.07) is 0.575. The van der Waals surface area contributed by atoms with Gasteiger partial charge in [0.05, 0.1) is 6.10 Å². The summed E-state index contributed by atoms with van der Waals surface area (Å²) in [7, 11) is 0. The molecule has 1 saturated carbocycles. The van der Waals surface area contributed by atoms with E-state index in [1.807, 2.05) is 0 Å². The zero-order chi connectivity index (χ0) is 12.7. The molecule has 0 aliphatic heterocycles. The zero-order valence-electron chi connectivity index (χ0n) is 12.2. The van der Waals surface area contributed by atoms with Crippen molar-refractivity contribution in [2.75, 3.05) is 13.2 Å². The van der Waals surface area contributed by atoms with Gasteiger partial charge in [-0.1, -0.05) is 34.1 Å². The first-order valence-corrected chi connectivity index (χ1v) is 7.54. The molecule has 0 aromatic carbocycles. The maximum absolute atomic E-state index is 6.13. The number of nitrogens with one attached hydrogen (secondary N) is 1. The summed E-state index contributed by atoms with van der Waals surface area (Å²) in [6.45, 7) is 11.2. The number of ether oxygens (including phenoxy) is 1. The van der Waals surface area contributed by atoms with Crippen molar-refractivity contribution < 1.29 is 4.74 Å². The van der Waals surface area contributed by atoms with Crippen LogP contribution in [0.2, 0.25) is 0 Å². The second kappa shape index (κ2) is 8.10. The molecule has 4 unspecified atom stereocenters. The molecule has 17 heavy (non-hydrogen) atoms. The molecule has 0 radical (unpaired) electrons. The van der Waals surface area contributed by atoms with Crippen LogP contribution < -0.4 is 5.32 Å². The molecule has 0 aromatic heterocycles. The molecule has 0 bridgehead atoms. The van der Waals surface area contributed by atoms with Gasteiger partial charge in [-0.3, -0.25) is 0 Å². The molecule has 0 aromatic rings. The van der Waals surface area contributed by atoms with Crippen molar-refractivity contribution in [2.45, 2.75) is 71.9 Å². The van der Waals surface area contributed by atoms with E-state index in [1.165, 1.54) is 32.1 Å². The Morgan fingerprint density at radius 3 is 2.53 bits per heavy atom. The number of hydrogen-bond acceptors (Lipinski definition) is 2.